The van der Waals surface area contributed by atoms with Crippen LogP contribution in [-0.4, -0.2) is 9.38 Å². The van der Waals surface area contributed by atoms with Gasteiger partial charge >= 0.3 is 0 Å². The van der Waals surface area contributed by atoms with Crippen LogP contribution < -0.4 is 0 Å². The number of fused-ring (bicyclic) bond motifs is 3. The summed E-state index contributed by atoms with van der Waals surface area (Å²) in [6, 6.07) is 5.80. The minimum atomic E-state index is 0.889. The van der Waals surface area contributed by atoms with Crippen molar-refractivity contribution in [2.45, 2.75) is 0 Å². The van der Waals surface area contributed by atoms with Gasteiger partial charge in [-0.15, -0.1) is 0 Å². The quantitative estimate of drug-likeness (QED) is 0.501. The molecule has 0 aliphatic rings. The van der Waals surface area contributed by atoms with Crippen LogP contribution in [0.2, 0.25) is 0 Å². The molecular formula is C9H6N2O. The minimum Gasteiger partial charge on any atom is -0.463 e. The van der Waals surface area contributed by atoms with Crippen LogP contribution in [0.3, 0.4) is 0 Å². The van der Waals surface area contributed by atoms with Crippen LogP contribution in [0, 0.1) is 0 Å². The molecule has 0 aliphatic carbocycles. The van der Waals surface area contributed by atoms with Crippen LogP contribution in [0.1, 0.15) is 0 Å². The maximum atomic E-state index is 5.25. The average molecular weight is 158 g/mol. The Balaban J connectivity index is 2.71. The van der Waals surface area contributed by atoms with Crippen LogP contribution in [-0.2, 0) is 0 Å². The van der Waals surface area contributed by atoms with Crippen LogP contribution >= 0.6 is 0 Å². The Labute approximate surface area is 68.2 Å². The third-order valence-corrected chi connectivity index (χ3v) is 1.99. The average Bonchev–Trinajstić information content (AvgIpc) is 2.71. The van der Waals surface area contributed by atoms with Crippen molar-refractivity contribution in [3.05, 3.63) is 36.9 Å². The maximum Gasteiger partial charge on any atom is 0.150 e. The Kier molecular flexibility index (Phi) is 0.913. The molecule has 0 unspecified atom stereocenters. The molecular weight excluding hydrogens is 152 g/mol. The molecule has 3 heteroatoms. The molecule has 58 valence electrons. The van der Waals surface area contributed by atoms with Gasteiger partial charge in [-0.3, -0.25) is 4.40 Å². The van der Waals surface area contributed by atoms with Crippen LogP contribution in [0.5, 0.6) is 0 Å². The van der Waals surface area contributed by atoms with E-state index < -0.39 is 0 Å². The number of nitrogens with zero attached hydrogens (tertiary/aromatic N) is 2. The van der Waals surface area contributed by atoms with E-state index in [0.717, 1.165) is 16.7 Å². The summed E-state index contributed by atoms with van der Waals surface area (Å²) < 4.78 is 7.25. The Bertz CT molecular complexity index is 486. The fraction of sp³-hybridized carbons (Fsp3) is 0. The lowest BCUT2D eigenvalue weighted by molar-refractivity contribution is 0.615. The lowest BCUT2D eigenvalue weighted by Crippen LogP contribution is -1.81. The van der Waals surface area contributed by atoms with Gasteiger partial charge in [0.05, 0.1) is 11.8 Å². The second-order valence-corrected chi connectivity index (χ2v) is 2.66. The van der Waals surface area contributed by atoms with Crippen molar-refractivity contribution in [1.82, 2.24) is 9.38 Å². The van der Waals surface area contributed by atoms with Crippen LogP contribution in [0.4, 0.5) is 0 Å². The molecule has 0 spiro atoms. The number of hydrogen-bond acceptors (Lipinski definition) is 2. The zero-order valence-corrected chi connectivity index (χ0v) is 6.27. The third-order valence-electron chi connectivity index (χ3n) is 1.99. The highest BCUT2D eigenvalue weighted by Gasteiger charge is 2.00. The van der Waals surface area contributed by atoms with Crippen LogP contribution in [0.25, 0.3) is 16.7 Å². The van der Waals surface area contributed by atoms with E-state index >= 15 is 0 Å². The van der Waals surface area contributed by atoms with E-state index in [2.05, 4.69) is 4.98 Å². The molecule has 0 saturated carbocycles. The van der Waals surface area contributed by atoms with E-state index in [-0.39, 0.29) is 0 Å². The van der Waals surface area contributed by atoms with Crippen molar-refractivity contribution < 1.29 is 4.42 Å². The topological polar surface area (TPSA) is 30.4 Å². The smallest absolute Gasteiger partial charge is 0.150 e. The summed E-state index contributed by atoms with van der Waals surface area (Å²) in [6.45, 7) is 0. The fourth-order valence-electron chi connectivity index (χ4n) is 1.43. The highest BCUT2D eigenvalue weighted by atomic mass is 16.3. The van der Waals surface area contributed by atoms with Gasteiger partial charge < -0.3 is 4.42 Å². The Morgan fingerprint density at radius 2 is 2.25 bits per heavy atom. The fourth-order valence-corrected chi connectivity index (χ4v) is 1.43. The monoisotopic (exact) mass is 158 g/mol. The molecule has 0 aliphatic heterocycles. The zero-order chi connectivity index (χ0) is 7.97. The first-order valence-corrected chi connectivity index (χ1v) is 3.74. The summed E-state index contributed by atoms with van der Waals surface area (Å²) >= 11 is 0. The number of imidazole rings is 1. The van der Waals surface area contributed by atoms with Gasteiger partial charge in [0, 0.05) is 18.5 Å². The van der Waals surface area contributed by atoms with E-state index in [9.17, 15) is 0 Å². The summed E-state index contributed by atoms with van der Waals surface area (Å²) in [5.74, 6) is 0. The Morgan fingerprint density at radius 3 is 3.25 bits per heavy atom. The standard InChI is InChI=1S/C9H6N2O/c1-2-9-10-4-5-11(9)7-3-6-12-8(1)7/h1-6H. The molecule has 3 heterocycles. The largest absolute Gasteiger partial charge is 0.463 e. The second kappa shape index (κ2) is 1.88. The molecule has 3 nitrogen and oxygen atoms in total. The number of furan rings is 1. The van der Waals surface area contributed by atoms with Gasteiger partial charge in [0.15, 0.2) is 5.58 Å². The summed E-state index contributed by atoms with van der Waals surface area (Å²) in [4.78, 5) is 4.17. The normalized spacial score (nSPS) is 11.3. The maximum absolute atomic E-state index is 5.25. The summed E-state index contributed by atoms with van der Waals surface area (Å²) in [5, 5.41) is 0. The molecule has 3 aromatic rings. The molecule has 12 heavy (non-hydrogen) atoms. The van der Waals surface area contributed by atoms with Crippen LogP contribution in [0.15, 0.2) is 41.3 Å². The van der Waals surface area contributed by atoms with E-state index in [1.165, 1.54) is 0 Å². The third kappa shape index (κ3) is 0.580. The van der Waals surface area contributed by atoms with Crippen molar-refractivity contribution >= 4 is 16.7 Å². The highest BCUT2D eigenvalue weighted by molar-refractivity contribution is 5.76. The molecule has 0 fully saturated rings. The molecule has 0 saturated heterocycles. The van der Waals surface area contributed by atoms with E-state index in [0.29, 0.717) is 0 Å². The minimum absolute atomic E-state index is 0.889. The molecule has 0 radical (unpaired) electrons. The van der Waals surface area contributed by atoms with E-state index in [4.69, 9.17) is 4.42 Å². The first kappa shape index (κ1) is 5.83. The number of hydrogen-bond donors (Lipinski definition) is 0. The number of rotatable bonds is 0. The zero-order valence-electron chi connectivity index (χ0n) is 6.27. The molecule has 0 atom stereocenters. The molecule has 0 amide bonds. The predicted octanol–water partition coefficient (Wildman–Crippen LogP) is 2.08. The SMILES string of the molecule is c1cn2c(ccc3occc32)n1. The van der Waals surface area contributed by atoms with Gasteiger partial charge in [0.25, 0.3) is 0 Å². The number of aromatic nitrogens is 2. The lowest BCUT2D eigenvalue weighted by atomic mass is 10.4. The van der Waals surface area contributed by atoms with Gasteiger partial charge in [-0.2, -0.15) is 0 Å². The van der Waals surface area contributed by atoms with Gasteiger partial charge in [-0.25, -0.2) is 4.98 Å². The molecule has 3 rings (SSSR count). The van der Waals surface area contributed by atoms with Gasteiger partial charge in [-0.05, 0) is 12.1 Å². The van der Waals surface area contributed by atoms with E-state index in [1.807, 2.05) is 28.8 Å². The predicted molar refractivity (Wildman–Crippen MR) is 45.0 cm³/mol. The van der Waals surface area contributed by atoms with Gasteiger partial charge in [0.1, 0.15) is 5.65 Å². The molecule has 0 bridgehead atoms. The summed E-state index contributed by atoms with van der Waals surface area (Å²) in [6.07, 6.45) is 5.39. The summed E-state index contributed by atoms with van der Waals surface area (Å²) in [5.41, 5.74) is 2.90. The lowest BCUT2D eigenvalue weighted by Gasteiger charge is -1.92. The van der Waals surface area contributed by atoms with Crippen molar-refractivity contribution in [2.24, 2.45) is 0 Å². The Hall–Kier alpha value is -1.77. The molecule has 3 aromatic heterocycles. The van der Waals surface area contributed by atoms with Crippen molar-refractivity contribution in [3.8, 4) is 0 Å². The van der Waals surface area contributed by atoms with Crippen molar-refractivity contribution in [3.63, 3.8) is 0 Å². The Morgan fingerprint density at radius 1 is 1.25 bits per heavy atom. The molecule has 0 N–H and O–H groups in total. The first-order chi connectivity index (χ1) is 5.95. The molecule has 0 aromatic carbocycles. The van der Waals surface area contributed by atoms with Crippen molar-refractivity contribution in [2.75, 3.05) is 0 Å². The summed E-state index contributed by atoms with van der Waals surface area (Å²) in [7, 11) is 0. The van der Waals surface area contributed by atoms with Crippen molar-refractivity contribution in [1.29, 1.82) is 0 Å². The highest BCUT2D eigenvalue weighted by Crippen LogP contribution is 2.16. The van der Waals surface area contributed by atoms with E-state index in [1.54, 1.807) is 12.5 Å². The second-order valence-electron chi connectivity index (χ2n) is 2.66. The number of pyridine rings is 1. The first-order valence-electron chi connectivity index (χ1n) is 3.74. The van der Waals surface area contributed by atoms with Gasteiger partial charge in [-0.1, -0.05) is 0 Å². The van der Waals surface area contributed by atoms with Gasteiger partial charge in [0.2, 0.25) is 0 Å².